The summed E-state index contributed by atoms with van der Waals surface area (Å²) in [5.41, 5.74) is -0.750. The highest BCUT2D eigenvalue weighted by Crippen LogP contribution is 2.34. The van der Waals surface area contributed by atoms with Crippen molar-refractivity contribution < 1.29 is 17.9 Å². The van der Waals surface area contributed by atoms with E-state index in [-0.39, 0.29) is 12.5 Å². The van der Waals surface area contributed by atoms with Crippen molar-refractivity contribution in [3.8, 4) is 5.75 Å². The van der Waals surface area contributed by atoms with Crippen molar-refractivity contribution in [3.63, 3.8) is 0 Å². The number of hydrogen-bond acceptors (Lipinski definition) is 6. The SMILES string of the molecule is COc1ccc2sc(N3CC(Cn4nc(C(F)(F)F)ccc4=O)C3)nc2c1. The van der Waals surface area contributed by atoms with E-state index in [1.807, 2.05) is 23.1 Å². The van der Waals surface area contributed by atoms with Gasteiger partial charge in [-0.05, 0) is 18.2 Å². The molecule has 2 aromatic heterocycles. The van der Waals surface area contributed by atoms with E-state index in [1.165, 1.54) is 0 Å². The van der Waals surface area contributed by atoms with Crippen LogP contribution in [0.1, 0.15) is 5.69 Å². The third-order valence-corrected chi connectivity index (χ3v) is 5.50. The lowest BCUT2D eigenvalue weighted by atomic mass is 10.0. The van der Waals surface area contributed by atoms with Crippen LogP contribution in [-0.4, -0.2) is 35.0 Å². The third kappa shape index (κ3) is 3.48. The third-order valence-electron chi connectivity index (χ3n) is 4.40. The van der Waals surface area contributed by atoms with Gasteiger partial charge in [-0.1, -0.05) is 11.3 Å². The highest BCUT2D eigenvalue weighted by molar-refractivity contribution is 7.22. The smallest absolute Gasteiger partial charge is 0.435 e. The second-order valence-electron chi connectivity index (χ2n) is 6.34. The Morgan fingerprint density at radius 3 is 2.74 bits per heavy atom. The molecule has 0 aliphatic carbocycles. The summed E-state index contributed by atoms with van der Waals surface area (Å²) in [6.45, 7) is 1.38. The molecule has 0 atom stereocenters. The fourth-order valence-electron chi connectivity index (χ4n) is 2.97. The summed E-state index contributed by atoms with van der Waals surface area (Å²) in [6, 6.07) is 7.29. The van der Waals surface area contributed by atoms with E-state index in [9.17, 15) is 18.0 Å². The van der Waals surface area contributed by atoms with Gasteiger partial charge >= 0.3 is 6.18 Å². The zero-order valence-corrected chi connectivity index (χ0v) is 15.0. The van der Waals surface area contributed by atoms with E-state index < -0.39 is 17.4 Å². The van der Waals surface area contributed by atoms with Crippen molar-refractivity contribution in [2.45, 2.75) is 12.7 Å². The van der Waals surface area contributed by atoms with E-state index >= 15 is 0 Å². The molecule has 142 valence electrons. The van der Waals surface area contributed by atoms with Gasteiger partial charge in [0.25, 0.3) is 5.56 Å². The lowest BCUT2D eigenvalue weighted by molar-refractivity contribution is -0.142. The molecule has 27 heavy (non-hydrogen) atoms. The summed E-state index contributed by atoms with van der Waals surface area (Å²) in [5.74, 6) is 0.774. The van der Waals surface area contributed by atoms with E-state index in [0.29, 0.717) is 19.2 Å². The monoisotopic (exact) mass is 396 g/mol. The minimum Gasteiger partial charge on any atom is -0.497 e. The summed E-state index contributed by atoms with van der Waals surface area (Å²) in [7, 11) is 1.60. The first-order valence-electron chi connectivity index (χ1n) is 8.18. The van der Waals surface area contributed by atoms with Crippen LogP contribution in [0.2, 0.25) is 0 Å². The van der Waals surface area contributed by atoms with Gasteiger partial charge in [0.1, 0.15) is 5.75 Å². The lowest BCUT2D eigenvalue weighted by Gasteiger charge is -2.39. The van der Waals surface area contributed by atoms with Crippen molar-refractivity contribution >= 4 is 26.7 Å². The number of thiazole rings is 1. The highest BCUT2D eigenvalue weighted by atomic mass is 32.1. The Labute approximate surface area is 155 Å². The normalized spacial score (nSPS) is 15.2. The number of hydrogen-bond donors (Lipinski definition) is 0. The molecule has 0 bridgehead atoms. The Balaban J connectivity index is 1.45. The van der Waals surface area contributed by atoms with Gasteiger partial charge < -0.3 is 9.64 Å². The van der Waals surface area contributed by atoms with Crippen molar-refractivity contribution in [2.24, 2.45) is 5.92 Å². The predicted octanol–water partition coefficient (Wildman–Crippen LogP) is 3.02. The first kappa shape index (κ1) is 17.8. The number of anilines is 1. The van der Waals surface area contributed by atoms with E-state index in [0.717, 1.165) is 31.8 Å². The maximum atomic E-state index is 12.8. The molecule has 4 rings (SSSR count). The molecule has 0 radical (unpaired) electrons. The summed E-state index contributed by atoms with van der Waals surface area (Å²) < 4.78 is 45.4. The molecular formula is C17H15F3N4O2S. The van der Waals surface area contributed by atoms with Crippen LogP contribution in [0.3, 0.4) is 0 Å². The number of fused-ring (bicyclic) bond motifs is 1. The van der Waals surface area contributed by atoms with Crippen LogP contribution >= 0.6 is 11.3 Å². The molecule has 1 saturated heterocycles. The molecule has 3 heterocycles. The number of methoxy groups -OCH3 is 1. The molecule has 1 aliphatic rings. The molecule has 0 amide bonds. The van der Waals surface area contributed by atoms with Gasteiger partial charge in [0.15, 0.2) is 10.8 Å². The fourth-order valence-corrected chi connectivity index (χ4v) is 3.94. The van der Waals surface area contributed by atoms with Gasteiger partial charge in [0.05, 0.1) is 23.9 Å². The molecule has 1 aromatic carbocycles. The fraction of sp³-hybridized carbons (Fsp3) is 0.353. The maximum absolute atomic E-state index is 12.8. The molecule has 10 heteroatoms. The quantitative estimate of drug-likeness (QED) is 0.679. The molecule has 0 spiro atoms. The largest absolute Gasteiger partial charge is 0.497 e. The molecule has 1 fully saturated rings. The van der Waals surface area contributed by atoms with Crippen LogP contribution in [0.25, 0.3) is 10.2 Å². The first-order chi connectivity index (χ1) is 12.8. The Kier molecular flexibility index (Phi) is 4.29. The van der Waals surface area contributed by atoms with Gasteiger partial charge in [-0.2, -0.15) is 18.3 Å². The van der Waals surface area contributed by atoms with Crippen LogP contribution in [0.4, 0.5) is 18.3 Å². The van der Waals surface area contributed by atoms with Crippen molar-refractivity contribution in [1.82, 2.24) is 14.8 Å². The summed E-state index contributed by atoms with van der Waals surface area (Å²) in [4.78, 5) is 18.4. The second kappa shape index (κ2) is 6.52. The minimum absolute atomic E-state index is 0.0419. The van der Waals surface area contributed by atoms with Gasteiger partial charge in [-0.3, -0.25) is 4.79 Å². The van der Waals surface area contributed by atoms with Gasteiger partial charge in [-0.15, -0.1) is 0 Å². The number of ether oxygens (including phenoxy) is 1. The predicted molar refractivity (Wildman–Crippen MR) is 95.4 cm³/mol. The number of alkyl halides is 3. The Bertz CT molecular complexity index is 1040. The van der Waals surface area contributed by atoms with Crippen LogP contribution in [0.5, 0.6) is 5.75 Å². The van der Waals surface area contributed by atoms with Crippen molar-refractivity contribution in [1.29, 1.82) is 0 Å². The van der Waals surface area contributed by atoms with E-state index in [4.69, 9.17) is 4.74 Å². The Hall–Kier alpha value is -2.62. The highest BCUT2D eigenvalue weighted by Gasteiger charge is 2.34. The molecular weight excluding hydrogens is 381 g/mol. The number of benzene rings is 1. The molecule has 1 aliphatic heterocycles. The Morgan fingerprint density at radius 1 is 1.26 bits per heavy atom. The van der Waals surface area contributed by atoms with Gasteiger partial charge in [0.2, 0.25) is 0 Å². The summed E-state index contributed by atoms with van der Waals surface area (Å²) in [5, 5.41) is 4.30. The molecule has 0 N–H and O–H groups in total. The second-order valence-corrected chi connectivity index (χ2v) is 7.35. The standard InChI is InChI=1S/C17H15F3N4O2S/c1-26-11-2-3-13-12(6-11)21-16(27-13)23-7-10(8-23)9-24-15(25)5-4-14(22-24)17(18,19)20/h2-6,10H,7-9H2,1H3. The van der Waals surface area contributed by atoms with Crippen LogP contribution < -0.4 is 15.2 Å². The Morgan fingerprint density at radius 2 is 2.04 bits per heavy atom. The van der Waals surface area contributed by atoms with E-state index in [1.54, 1.807) is 18.4 Å². The van der Waals surface area contributed by atoms with Crippen LogP contribution in [0.15, 0.2) is 35.1 Å². The van der Waals surface area contributed by atoms with Crippen molar-refractivity contribution in [3.05, 3.63) is 46.4 Å². The first-order valence-corrected chi connectivity index (χ1v) is 9.00. The zero-order chi connectivity index (χ0) is 19.2. The van der Waals surface area contributed by atoms with Gasteiger partial charge in [-0.25, -0.2) is 9.67 Å². The van der Waals surface area contributed by atoms with Crippen LogP contribution in [0, 0.1) is 5.92 Å². The number of halogens is 3. The average molecular weight is 396 g/mol. The molecule has 0 unspecified atom stereocenters. The summed E-state index contributed by atoms with van der Waals surface area (Å²) >= 11 is 1.54. The van der Waals surface area contributed by atoms with E-state index in [2.05, 4.69) is 10.1 Å². The minimum atomic E-state index is -4.57. The topological polar surface area (TPSA) is 60.2 Å². The molecule has 3 aromatic rings. The molecule has 0 saturated carbocycles. The lowest BCUT2D eigenvalue weighted by Crippen LogP contribution is -2.49. The van der Waals surface area contributed by atoms with Gasteiger partial charge in [0, 0.05) is 31.1 Å². The molecule has 6 nitrogen and oxygen atoms in total. The number of nitrogens with zero attached hydrogens (tertiary/aromatic N) is 4. The van der Waals surface area contributed by atoms with Crippen LogP contribution in [-0.2, 0) is 12.7 Å². The van der Waals surface area contributed by atoms with Crippen molar-refractivity contribution in [2.75, 3.05) is 25.1 Å². The summed E-state index contributed by atoms with van der Waals surface area (Å²) in [6.07, 6.45) is -4.57. The average Bonchev–Trinajstić information content (AvgIpc) is 3.00. The maximum Gasteiger partial charge on any atom is 0.435 e. The zero-order valence-electron chi connectivity index (χ0n) is 14.2. The number of aromatic nitrogens is 3. The number of rotatable bonds is 4.